The van der Waals surface area contributed by atoms with E-state index in [4.69, 9.17) is 22.5 Å². The Kier molecular flexibility index (Phi) is 4.87. The molecule has 0 radical (unpaired) electrons. The molecule has 2 rings (SSSR count). The number of nitrogens with two attached hydrogens (primary N) is 1. The molecule has 104 valence electrons. The molecule has 0 bridgehead atoms. The van der Waals surface area contributed by atoms with Crippen LogP contribution in [0.15, 0.2) is 52.1 Å². The summed E-state index contributed by atoms with van der Waals surface area (Å²) in [5.41, 5.74) is 8.17. The first-order chi connectivity index (χ1) is 9.60. The van der Waals surface area contributed by atoms with Gasteiger partial charge in [-0.05, 0) is 45.8 Å². The van der Waals surface area contributed by atoms with Crippen LogP contribution in [0.4, 0.5) is 5.69 Å². The van der Waals surface area contributed by atoms with Crippen molar-refractivity contribution in [3.8, 4) is 0 Å². The Hall–Kier alpha value is -1.72. The molecule has 4 N–H and O–H groups in total. The van der Waals surface area contributed by atoms with E-state index in [0.717, 1.165) is 15.7 Å². The number of hydrogen-bond donors (Lipinski definition) is 3. The number of hydrogen-bond acceptors (Lipinski definition) is 3. The molecule has 0 atom stereocenters. The van der Waals surface area contributed by atoms with E-state index in [2.05, 4.69) is 26.4 Å². The van der Waals surface area contributed by atoms with Gasteiger partial charge < -0.3 is 16.3 Å². The second-order valence-electron chi connectivity index (χ2n) is 4.16. The molecule has 0 aliphatic rings. The van der Waals surface area contributed by atoms with Crippen LogP contribution in [0, 0.1) is 0 Å². The van der Waals surface area contributed by atoms with Crippen LogP contribution in [-0.2, 0) is 6.54 Å². The van der Waals surface area contributed by atoms with Crippen molar-refractivity contribution >= 4 is 39.1 Å². The first-order valence-electron chi connectivity index (χ1n) is 5.86. The minimum atomic E-state index is 0.0933. The van der Waals surface area contributed by atoms with E-state index >= 15 is 0 Å². The van der Waals surface area contributed by atoms with Gasteiger partial charge in [-0.15, -0.1) is 0 Å². The zero-order valence-corrected chi connectivity index (χ0v) is 12.8. The van der Waals surface area contributed by atoms with Crippen molar-refractivity contribution in [2.24, 2.45) is 10.9 Å². The first kappa shape index (κ1) is 14.7. The normalized spacial score (nSPS) is 11.4. The van der Waals surface area contributed by atoms with Crippen molar-refractivity contribution in [2.75, 3.05) is 5.32 Å². The summed E-state index contributed by atoms with van der Waals surface area (Å²) >= 11 is 9.42. The minimum Gasteiger partial charge on any atom is -0.409 e. The Balaban J connectivity index is 2.13. The zero-order chi connectivity index (χ0) is 14.5. The van der Waals surface area contributed by atoms with Gasteiger partial charge in [-0.2, -0.15) is 0 Å². The first-order valence-corrected chi connectivity index (χ1v) is 7.03. The highest BCUT2D eigenvalue weighted by atomic mass is 79.9. The standard InChI is InChI=1S/C14H13BrClN3O/c15-12-5-4-11(16)7-13(12)18-8-9-2-1-3-10(6-9)14(17)19-20/h1-7,18,20H,8H2,(H2,17,19). The van der Waals surface area contributed by atoms with Crippen molar-refractivity contribution in [1.29, 1.82) is 0 Å². The lowest BCUT2D eigenvalue weighted by Crippen LogP contribution is -2.13. The summed E-state index contributed by atoms with van der Waals surface area (Å²) in [6, 6.07) is 13.0. The Morgan fingerprint density at radius 2 is 2.10 bits per heavy atom. The van der Waals surface area contributed by atoms with E-state index in [1.165, 1.54) is 0 Å². The average molecular weight is 355 g/mol. The van der Waals surface area contributed by atoms with Crippen molar-refractivity contribution in [3.05, 3.63) is 63.1 Å². The average Bonchev–Trinajstić information content (AvgIpc) is 2.47. The van der Waals surface area contributed by atoms with E-state index < -0.39 is 0 Å². The molecule has 2 aromatic rings. The van der Waals surface area contributed by atoms with Gasteiger partial charge in [0, 0.05) is 21.6 Å². The smallest absolute Gasteiger partial charge is 0.170 e. The molecular weight excluding hydrogens is 342 g/mol. The highest BCUT2D eigenvalue weighted by Crippen LogP contribution is 2.26. The molecule has 2 aromatic carbocycles. The fourth-order valence-electron chi connectivity index (χ4n) is 1.73. The second kappa shape index (κ2) is 6.63. The Bertz CT molecular complexity index is 646. The number of oxime groups is 1. The van der Waals surface area contributed by atoms with Crippen LogP contribution in [0.5, 0.6) is 0 Å². The van der Waals surface area contributed by atoms with E-state index in [-0.39, 0.29) is 5.84 Å². The molecule has 0 unspecified atom stereocenters. The Morgan fingerprint density at radius 1 is 1.30 bits per heavy atom. The van der Waals surface area contributed by atoms with Gasteiger partial charge in [0.2, 0.25) is 0 Å². The summed E-state index contributed by atoms with van der Waals surface area (Å²) in [4.78, 5) is 0. The second-order valence-corrected chi connectivity index (χ2v) is 5.45. The van der Waals surface area contributed by atoms with E-state index in [9.17, 15) is 0 Å². The summed E-state index contributed by atoms with van der Waals surface area (Å²) < 4.78 is 0.939. The van der Waals surface area contributed by atoms with Crippen LogP contribution in [0.2, 0.25) is 5.02 Å². The molecule has 0 heterocycles. The zero-order valence-electron chi connectivity index (χ0n) is 10.5. The highest BCUT2D eigenvalue weighted by Gasteiger charge is 2.03. The maximum atomic E-state index is 8.68. The summed E-state index contributed by atoms with van der Waals surface area (Å²) in [5.74, 6) is 0.0933. The van der Waals surface area contributed by atoms with Crippen LogP contribution in [-0.4, -0.2) is 11.0 Å². The largest absolute Gasteiger partial charge is 0.409 e. The molecule has 0 spiro atoms. The third-order valence-corrected chi connectivity index (χ3v) is 3.67. The van der Waals surface area contributed by atoms with Crippen molar-refractivity contribution < 1.29 is 5.21 Å². The predicted molar refractivity (Wildman–Crippen MR) is 85.4 cm³/mol. The number of nitrogens with one attached hydrogen (secondary N) is 1. The number of benzene rings is 2. The lowest BCUT2D eigenvalue weighted by molar-refractivity contribution is 0.318. The fraction of sp³-hybridized carbons (Fsp3) is 0.0714. The van der Waals surface area contributed by atoms with Crippen molar-refractivity contribution in [2.45, 2.75) is 6.54 Å². The predicted octanol–water partition coefficient (Wildman–Crippen LogP) is 3.81. The number of amidine groups is 1. The van der Waals surface area contributed by atoms with Gasteiger partial charge in [0.15, 0.2) is 5.84 Å². The molecule has 0 fully saturated rings. The van der Waals surface area contributed by atoms with Gasteiger partial charge in [0.1, 0.15) is 0 Å². The molecule has 6 heteroatoms. The van der Waals surface area contributed by atoms with Gasteiger partial charge in [-0.1, -0.05) is 35.0 Å². The van der Waals surface area contributed by atoms with Crippen LogP contribution in [0.1, 0.15) is 11.1 Å². The van der Waals surface area contributed by atoms with Gasteiger partial charge in [-0.3, -0.25) is 0 Å². The van der Waals surface area contributed by atoms with Crippen molar-refractivity contribution in [1.82, 2.24) is 0 Å². The highest BCUT2D eigenvalue weighted by molar-refractivity contribution is 9.10. The lowest BCUT2D eigenvalue weighted by Gasteiger charge is -2.10. The van der Waals surface area contributed by atoms with Crippen molar-refractivity contribution in [3.63, 3.8) is 0 Å². The van der Waals surface area contributed by atoms with Gasteiger partial charge >= 0.3 is 0 Å². The molecule has 0 aliphatic carbocycles. The third-order valence-electron chi connectivity index (χ3n) is 2.74. The fourth-order valence-corrected chi connectivity index (χ4v) is 2.29. The lowest BCUT2D eigenvalue weighted by atomic mass is 10.1. The maximum Gasteiger partial charge on any atom is 0.170 e. The molecular formula is C14H13BrClN3O. The molecule has 20 heavy (non-hydrogen) atoms. The minimum absolute atomic E-state index is 0.0933. The SMILES string of the molecule is N/C(=N/O)c1cccc(CNc2cc(Cl)ccc2Br)c1. The number of rotatable bonds is 4. The summed E-state index contributed by atoms with van der Waals surface area (Å²) in [7, 11) is 0. The quantitative estimate of drug-likeness (QED) is 0.338. The maximum absolute atomic E-state index is 8.68. The number of halogens is 2. The molecule has 0 amide bonds. The summed E-state index contributed by atoms with van der Waals surface area (Å²) in [5, 5.41) is 15.6. The van der Waals surface area contributed by atoms with Crippen LogP contribution in [0.3, 0.4) is 0 Å². The number of anilines is 1. The molecule has 4 nitrogen and oxygen atoms in total. The molecule has 0 saturated carbocycles. The van der Waals surface area contributed by atoms with Gasteiger partial charge in [-0.25, -0.2) is 0 Å². The van der Waals surface area contributed by atoms with Gasteiger partial charge in [0.25, 0.3) is 0 Å². The van der Waals surface area contributed by atoms with Crippen LogP contribution >= 0.6 is 27.5 Å². The van der Waals surface area contributed by atoms with E-state index in [1.54, 1.807) is 6.07 Å². The summed E-state index contributed by atoms with van der Waals surface area (Å²) in [6.07, 6.45) is 0. The third kappa shape index (κ3) is 3.65. The Labute approximate surface area is 130 Å². The summed E-state index contributed by atoms with van der Waals surface area (Å²) in [6.45, 7) is 0.603. The monoisotopic (exact) mass is 353 g/mol. The number of nitrogens with zero attached hydrogens (tertiary/aromatic N) is 1. The Morgan fingerprint density at radius 3 is 2.85 bits per heavy atom. The molecule has 0 saturated heterocycles. The van der Waals surface area contributed by atoms with Crippen LogP contribution < -0.4 is 11.1 Å². The molecule has 0 aromatic heterocycles. The van der Waals surface area contributed by atoms with Gasteiger partial charge in [0.05, 0.1) is 5.69 Å². The van der Waals surface area contributed by atoms with Crippen LogP contribution in [0.25, 0.3) is 0 Å². The molecule has 0 aliphatic heterocycles. The van der Waals surface area contributed by atoms with E-state index in [0.29, 0.717) is 17.1 Å². The topological polar surface area (TPSA) is 70.6 Å². The van der Waals surface area contributed by atoms with E-state index in [1.807, 2.05) is 36.4 Å².